The summed E-state index contributed by atoms with van der Waals surface area (Å²) in [4.78, 5) is 12.5. The van der Waals surface area contributed by atoms with Gasteiger partial charge in [0.2, 0.25) is 5.91 Å². The predicted molar refractivity (Wildman–Crippen MR) is 81.3 cm³/mol. The Labute approximate surface area is 131 Å². The molecule has 1 aromatic rings. The summed E-state index contributed by atoms with van der Waals surface area (Å²) in [5.41, 5.74) is 5.18. The van der Waals surface area contributed by atoms with E-state index >= 15 is 0 Å². The van der Waals surface area contributed by atoms with E-state index in [0.717, 1.165) is 22.9 Å². The van der Waals surface area contributed by atoms with Crippen LogP contribution in [0.2, 0.25) is 0 Å². The number of nitrogens with two attached hydrogens (primary N) is 1. The van der Waals surface area contributed by atoms with Crippen molar-refractivity contribution in [2.75, 3.05) is 13.1 Å². The van der Waals surface area contributed by atoms with Crippen LogP contribution < -0.4 is 11.1 Å². The molecule has 0 radical (unpaired) electrons. The predicted octanol–water partition coefficient (Wildman–Crippen LogP) is 2.97. The molecule has 0 saturated heterocycles. The molecule has 0 aromatic heterocycles. The van der Waals surface area contributed by atoms with E-state index < -0.39 is 24.4 Å². The fraction of sp³-hybridized carbons (Fsp3) is 0.533. The minimum absolute atomic E-state index is 0.328. The second-order valence-corrected chi connectivity index (χ2v) is 6.46. The van der Waals surface area contributed by atoms with Crippen molar-refractivity contribution in [1.82, 2.24) is 5.32 Å². The molecule has 1 fully saturated rings. The molecule has 3 nitrogen and oxygen atoms in total. The van der Waals surface area contributed by atoms with Crippen molar-refractivity contribution in [2.24, 2.45) is 5.73 Å². The summed E-state index contributed by atoms with van der Waals surface area (Å²) >= 11 is 3.40. The molecule has 116 valence electrons. The molecule has 0 atom stereocenters. The van der Waals surface area contributed by atoms with Crippen LogP contribution in [-0.2, 0) is 10.2 Å². The van der Waals surface area contributed by atoms with Crippen LogP contribution in [0.25, 0.3) is 0 Å². The van der Waals surface area contributed by atoms with E-state index in [4.69, 9.17) is 5.73 Å². The third-order valence-electron chi connectivity index (χ3n) is 4.08. The van der Waals surface area contributed by atoms with Crippen molar-refractivity contribution in [3.8, 4) is 0 Å². The number of carbonyl (C=O) groups excluding carboxylic acids is 1. The topological polar surface area (TPSA) is 55.1 Å². The lowest BCUT2D eigenvalue weighted by Gasteiger charge is -2.29. The van der Waals surface area contributed by atoms with Gasteiger partial charge in [-0.3, -0.25) is 4.79 Å². The molecule has 0 aliphatic heterocycles. The first-order valence-electron chi connectivity index (χ1n) is 7.02. The molecule has 0 spiro atoms. The average molecular weight is 361 g/mol. The molecule has 0 unspecified atom stereocenters. The standard InChI is InChI=1S/C15H19BrF2N2O/c16-12-5-3-4-11(8-12)14(6-1-2-7-14)13(21)20-10-15(17,18)9-19/h3-5,8H,1-2,6-7,9-10,19H2,(H,20,21). The summed E-state index contributed by atoms with van der Waals surface area (Å²) < 4.78 is 27.4. The minimum atomic E-state index is -3.06. The molecule has 6 heteroatoms. The SMILES string of the molecule is NCC(F)(F)CNC(=O)C1(c2cccc(Br)c2)CCCC1. The Morgan fingerprint density at radius 2 is 2.05 bits per heavy atom. The molecule has 1 aliphatic rings. The van der Waals surface area contributed by atoms with Gasteiger partial charge in [-0.15, -0.1) is 0 Å². The van der Waals surface area contributed by atoms with Crippen molar-refractivity contribution in [3.63, 3.8) is 0 Å². The first-order chi connectivity index (χ1) is 9.89. The van der Waals surface area contributed by atoms with E-state index in [1.807, 2.05) is 24.3 Å². The van der Waals surface area contributed by atoms with E-state index in [1.54, 1.807) is 0 Å². The van der Waals surface area contributed by atoms with E-state index in [1.165, 1.54) is 0 Å². The quantitative estimate of drug-likeness (QED) is 0.847. The molecule has 2 rings (SSSR count). The highest BCUT2D eigenvalue weighted by Crippen LogP contribution is 2.42. The Kier molecular flexibility index (Phi) is 4.99. The van der Waals surface area contributed by atoms with Crippen molar-refractivity contribution in [3.05, 3.63) is 34.3 Å². The summed E-state index contributed by atoms with van der Waals surface area (Å²) in [7, 11) is 0. The average Bonchev–Trinajstić information content (AvgIpc) is 2.96. The Morgan fingerprint density at radius 3 is 2.62 bits per heavy atom. The Hall–Kier alpha value is -1.01. The smallest absolute Gasteiger partial charge is 0.277 e. The molecule has 0 bridgehead atoms. The number of nitrogens with one attached hydrogen (secondary N) is 1. The molecule has 1 amide bonds. The first-order valence-corrected chi connectivity index (χ1v) is 7.81. The Balaban J connectivity index is 2.20. The number of halogens is 3. The number of benzene rings is 1. The van der Waals surface area contributed by atoms with E-state index in [0.29, 0.717) is 12.8 Å². The van der Waals surface area contributed by atoms with Gasteiger partial charge in [-0.25, -0.2) is 8.78 Å². The summed E-state index contributed by atoms with van der Waals surface area (Å²) in [5.74, 6) is -3.39. The molecule has 21 heavy (non-hydrogen) atoms. The lowest BCUT2D eigenvalue weighted by atomic mass is 9.78. The van der Waals surface area contributed by atoms with Crippen LogP contribution in [0.5, 0.6) is 0 Å². The molecular weight excluding hydrogens is 342 g/mol. The van der Waals surface area contributed by atoms with Gasteiger partial charge in [0.1, 0.15) is 0 Å². The zero-order chi connectivity index (χ0) is 15.5. The van der Waals surface area contributed by atoms with Crippen molar-refractivity contribution in [2.45, 2.75) is 37.0 Å². The van der Waals surface area contributed by atoms with Gasteiger partial charge in [0.05, 0.1) is 18.5 Å². The van der Waals surface area contributed by atoms with E-state index in [9.17, 15) is 13.6 Å². The third kappa shape index (κ3) is 3.61. The first kappa shape index (κ1) is 16.4. The zero-order valence-electron chi connectivity index (χ0n) is 11.7. The summed E-state index contributed by atoms with van der Waals surface area (Å²) in [6.07, 6.45) is 3.22. The van der Waals surface area contributed by atoms with Gasteiger partial charge in [-0.1, -0.05) is 40.9 Å². The van der Waals surface area contributed by atoms with Gasteiger partial charge in [0.15, 0.2) is 0 Å². The van der Waals surface area contributed by atoms with Crippen molar-refractivity contribution >= 4 is 21.8 Å². The van der Waals surface area contributed by atoms with Gasteiger partial charge in [-0.05, 0) is 30.5 Å². The van der Waals surface area contributed by atoms with Crippen LogP contribution >= 0.6 is 15.9 Å². The molecule has 0 heterocycles. The van der Waals surface area contributed by atoms with Gasteiger partial charge in [-0.2, -0.15) is 0 Å². The van der Waals surface area contributed by atoms with Crippen LogP contribution in [0.1, 0.15) is 31.2 Å². The highest BCUT2D eigenvalue weighted by molar-refractivity contribution is 9.10. The van der Waals surface area contributed by atoms with Gasteiger partial charge in [0, 0.05) is 4.47 Å². The summed E-state index contributed by atoms with van der Waals surface area (Å²) in [6, 6.07) is 7.52. The second kappa shape index (κ2) is 6.40. The number of amides is 1. The summed E-state index contributed by atoms with van der Waals surface area (Å²) in [6.45, 7) is -1.48. The maximum atomic E-state index is 13.2. The fourth-order valence-electron chi connectivity index (χ4n) is 2.86. The number of carbonyl (C=O) groups is 1. The van der Waals surface area contributed by atoms with Gasteiger partial charge >= 0.3 is 0 Å². The zero-order valence-corrected chi connectivity index (χ0v) is 13.3. The van der Waals surface area contributed by atoms with Crippen molar-refractivity contribution in [1.29, 1.82) is 0 Å². The van der Waals surface area contributed by atoms with Crippen molar-refractivity contribution < 1.29 is 13.6 Å². The van der Waals surface area contributed by atoms with Gasteiger partial charge in [0.25, 0.3) is 5.92 Å². The van der Waals surface area contributed by atoms with Crippen LogP contribution in [0.3, 0.4) is 0 Å². The highest BCUT2D eigenvalue weighted by atomic mass is 79.9. The number of hydrogen-bond donors (Lipinski definition) is 2. The van der Waals surface area contributed by atoms with Gasteiger partial charge < -0.3 is 11.1 Å². The number of alkyl halides is 2. The number of hydrogen-bond acceptors (Lipinski definition) is 2. The number of rotatable bonds is 5. The Morgan fingerprint density at radius 1 is 1.38 bits per heavy atom. The second-order valence-electron chi connectivity index (χ2n) is 5.54. The van der Waals surface area contributed by atoms with Crippen LogP contribution in [-0.4, -0.2) is 24.9 Å². The van der Waals surface area contributed by atoms with E-state index in [-0.39, 0.29) is 5.91 Å². The lowest BCUT2D eigenvalue weighted by molar-refractivity contribution is -0.128. The Bertz CT molecular complexity index is 516. The monoisotopic (exact) mass is 360 g/mol. The molecule has 3 N–H and O–H groups in total. The third-order valence-corrected chi connectivity index (χ3v) is 4.57. The molecular formula is C15H19BrF2N2O. The minimum Gasteiger partial charge on any atom is -0.349 e. The van der Waals surface area contributed by atoms with Crippen LogP contribution in [0.15, 0.2) is 28.7 Å². The maximum Gasteiger partial charge on any atom is 0.277 e. The largest absolute Gasteiger partial charge is 0.349 e. The maximum absolute atomic E-state index is 13.2. The fourth-order valence-corrected chi connectivity index (χ4v) is 3.26. The van der Waals surface area contributed by atoms with Crippen LogP contribution in [0, 0.1) is 0 Å². The lowest BCUT2D eigenvalue weighted by Crippen LogP contribution is -2.48. The van der Waals surface area contributed by atoms with E-state index in [2.05, 4.69) is 21.2 Å². The molecule has 1 aliphatic carbocycles. The van der Waals surface area contributed by atoms with Crippen LogP contribution in [0.4, 0.5) is 8.78 Å². The highest BCUT2D eigenvalue weighted by Gasteiger charge is 2.43. The molecule has 1 aromatic carbocycles. The normalized spacial score (nSPS) is 17.7. The molecule has 1 saturated carbocycles. The summed E-state index contributed by atoms with van der Waals surface area (Å²) in [5, 5.41) is 2.39.